The SMILES string of the molecule is CCCCCCCCCCC/C=C\C/C=C\CCCCCCCCC(O)C(=O)NC(CO)C(O)C(O)CCC/C=C/CCCCCCCCCCCCCCCCCCCCCCCCCCCCC. The average Bonchev–Trinajstić information content (AvgIpc) is 3.36. The maximum atomic E-state index is 12.6. The number of carbonyl (C=O) groups is 1. The molecule has 0 spiro atoms. The molecule has 6 nitrogen and oxygen atoms in total. The smallest absolute Gasteiger partial charge is 0.249 e. The van der Waals surface area contributed by atoms with E-state index < -0.39 is 36.9 Å². The number of unbranched alkanes of at least 4 members (excludes halogenated alkanes) is 43. The van der Waals surface area contributed by atoms with Gasteiger partial charge in [-0.25, -0.2) is 0 Å². The lowest BCUT2D eigenvalue weighted by Crippen LogP contribution is -2.53. The summed E-state index contributed by atoms with van der Waals surface area (Å²) in [4.78, 5) is 12.6. The fourth-order valence-corrected chi connectivity index (χ4v) is 9.91. The highest BCUT2D eigenvalue weighted by Crippen LogP contribution is 2.18. The highest BCUT2D eigenvalue weighted by Gasteiger charge is 2.28. The fourth-order valence-electron chi connectivity index (χ4n) is 9.91. The number of hydrogen-bond donors (Lipinski definition) is 5. The van der Waals surface area contributed by atoms with Gasteiger partial charge in [0.05, 0.1) is 18.8 Å². The van der Waals surface area contributed by atoms with Crippen molar-refractivity contribution in [2.45, 2.75) is 359 Å². The first-order valence-corrected chi connectivity index (χ1v) is 31.4. The molecule has 0 aliphatic carbocycles. The zero-order valence-electron chi connectivity index (χ0n) is 47.0. The van der Waals surface area contributed by atoms with Gasteiger partial charge in [0.1, 0.15) is 12.2 Å². The third-order valence-electron chi connectivity index (χ3n) is 14.8. The number of allylic oxidation sites excluding steroid dienone is 6. The van der Waals surface area contributed by atoms with E-state index >= 15 is 0 Å². The molecule has 0 fully saturated rings. The molecular weight excluding hydrogens is 863 g/mol. The Balaban J connectivity index is 3.62. The van der Waals surface area contributed by atoms with Crippen LogP contribution in [0.2, 0.25) is 0 Å². The van der Waals surface area contributed by atoms with Crippen LogP contribution in [0.25, 0.3) is 0 Å². The molecule has 0 heterocycles. The van der Waals surface area contributed by atoms with Crippen molar-refractivity contribution in [3.8, 4) is 0 Å². The number of amides is 1. The maximum absolute atomic E-state index is 12.6. The van der Waals surface area contributed by atoms with Gasteiger partial charge < -0.3 is 25.7 Å². The van der Waals surface area contributed by atoms with Crippen LogP contribution in [0.3, 0.4) is 0 Å². The fraction of sp³-hybridized carbons (Fsp3) is 0.891. The maximum Gasteiger partial charge on any atom is 0.249 e. The Morgan fingerprint density at radius 1 is 0.357 bits per heavy atom. The molecule has 0 radical (unpaired) electrons. The van der Waals surface area contributed by atoms with Gasteiger partial charge in [0.15, 0.2) is 0 Å². The van der Waals surface area contributed by atoms with Gasteiger partial charge in [-0.2, -0.15) is 0 Å². The second kappa shape index (κ2) is 58.4. The lowest BCUT2D eigenvalue weighted by atomic mass is 10.00. The summed E-state index contributed by atoms with van der Waals surface area (Å²) in [6, 6.07) is -1.01. The van der Waals surface area contributed by atoms with Crippen molar-refractivity contribution in [1.29, 1.82) is 0 Å². The number of aliphatic hydroxyl groups excluding tert-OH is 4. The Labute approximate surface area is 437 Å². The van der Waals surface area contributed by atoms with E-state index in [4.69, 9.17) is 0 Å². The summed E-state index contributed by atoms with van der Waals surface area (Å²) in [5.74, 6) is -0.598. The third-order valence-corrected chi connectivity index (χ3v) is 14.8. The van der Waals surface area contributed by atoms with Gasteiger partial charge in [-0.1, -0.05) is 301 Å². The number of rotatable bonds is 58. The largest absolute Gasteiger partial charge is 0.394 e. The van der Waals surface area contributed by atoms with Crippen molar-refractivity contribution in [3.05, 3.63) is 36.5 Å². The second-order valence-electron chi connectivity index (χ2n) is 21.7. The number of carbonyl (C=O) groups excluding carboxylic acids is 1. The molecule has 5 N–H and O–H groups in total. The second-order valence-corrected chi connectivity index (χ2v) is 21.7. The Kier molecular flexibility index (Phi) is 57.2. The van der Waals surface area contributed by atoms with Crippen LogP contribution in [0, 0.1) is 0 Å². The van der Waals surface area contributed by atoms with E-state index in [2.05, 4.69) is 55.6 Å². The van der Waals surface area contributed by atoms with Gasteiger partial charge in [0, 0.05) is 0 Å². The van der Waals surface area contributed by atoms with E-state index in [9.17, 15) is 25.2 Å². The van der Waals surface area contributed by atoms with Crippen molar-refractivity contribution in [2.24, 2.45) is 0 Å². The molecule has 0 saturated heterocycles. The van der Waals surface area contributed by atoms with Crippen molar-refractivity contribution < 1.29 is 25.2 Å². The van der Waals surface area contributed by atoms with E-state index in [1.165, 1.54) is 250 Å². The van der Waals surface area contributed by atoms with Crippen molar-refractivity contribution in [1.82, 2.24) is 5.32 Å². The monoisotopic (exact) mass is 986 g/mol. The summed E-state index contributed by atoms with van der Waals surface area (Å²) in [7, 11) is 0. The van der Waals surface area contributed by atoms with Crippen LogP contribution in [0.1, 0.15) is 335 Å². The van der Waals surface area contributed by atoms with Crippen LogP contribution in [0.4, 0.5) is 0 Å². The highest BCUT2D eigenvalue weighted by molar-refractivity contribution is 5.80. The van der Waals surface area contributed by atoms with E-state index in [0.717, 1.165) is 57.8 Å². The molecule has 0 saturated carbocycles. The molecule has 0 aliphatic heterocycles. The Hall–Kier alpha value is -1.47. The quantitative estimate of drug-likeness (QED) is 0.0308. The van der Waals surface area contributed by atoms with Crippen LogP contribution >= 0.6 is 0 Å². The lowest BCUT2D eigenvalue weighted by molar-refractivity contribution is -0.132. The summed E-state index contributed by atoms with van der Waals surface area (Å²) in [5, 5.41) is 44.0. The van der Waals surface area contributed by atoms with Gasteiger partial charge in [-0.3, -0.25) is 4.79 Å². The molecule has 0 aliphatic rings. The van der Waals surface area contributed by atoms with Gasteiger partial charge in [-0.15, -0.1) is 0 Å². The van der Waals surface area contributed by atoms with Crippen LogP contribution in [-0.2, 0) is 4.79 Å². The van der Waals surface area contributed by atoms with E-state index in [1.54, 1.807) is 0 Å². The average molecular weight is 987 g/mol. The van der Waals surface area contributed by atoms with E-state index in [0.29, 0.717) is 12.8 Å². The standard InChI is InChI=1S/C64H123NO5/c1-3-5-7-9-11-13-15-17-19-21-23-25-27-28-29-30-31-32-33-34-35-36-38-39-41-43-45-47-49-51-53-55-57-61(67)63(69)60(59-66)65-64(70)62(68)58-56-54-52-50-48-46-44-42-40-37-26-24-22-20-18-16-14-12-10-8-6-4-2/h24,26,40,42,49,51,60-63,66-69H,3-23,25,27-39,41,43-48,50,52-59H2,1-2H3,(H,65,70)/b26-24-,42-40-,51-49+. The topological polar surface area (TPSA) is 110 Å². The molecule has 6 heteroatoms. The van der Waals surface area contributed by atoms with Crippen LogP contribution in [0.5, 0.6) is 0 Å². The van der Waals surface area contributed by atoms with Gasteiger partial charge >= 0.3 is 0 Å². The summed E-state index contributed by atoms with van der Waals surface area (Å²) < 4.78 is 0. The molecule has 1 amide bonds. The highest BCUT2D eigenvalue weighted by atomic mass is 16.3. The zero-order valence-corrected chi connectivity index (χ0v) is 47.0. The first kappa shape index (κ1) is 68.5. The summed E-state index contributed by atoms with van der Waals surface area (Å²) in [6.07, 6.45) is 73.9. The molecule has 4 atom stereocenters. The number of hydrogen-bond acceptors (Lipinski definition) is 5. The van der Waals surface area contributed by atoms with Crippen LogP contribution < -0.4 is 5.32 Å². The molecular formula is C64H123NO5. The normalized spacial score (nSPS) is 13.9. The predicted molar refractivity (Wildman–Crippen MR) is 307 cm³/mol. The summed E-state index contributed by atoms with van der Waals surface area (Å²) >= 11 is 0. The van der Waals surface area contributed by atoms with Gasteiger partial charge in [0.2, 0.25) is 5.91 Å². The zero-order chi connectivity index (χ0) is 50.9. The van der Waals surface area contributed by atoms with E-state index in [-0.39, 0.29) is 0 Å². The molecule has 0 aromatic heterocycles. The lowest BCUT2D eigenvalue weighted by Gasteiger charge is -2.27. The predicted octanol–water partition coefficient (Wildman–Crippen LogP) is 18.8. The molecule has 414 valence electrons. The van der Waals surface area contributed by atoms with Gasteiger partial charge in [-0.05, 0) is 70.6 Å². The molecule has 0 bridgehead atoms. The number of nitrogens with one attached hydrogen (secondary N) is 1. The van der Waals surface area contributed by atoms with Crippen molar-refractivity contribution in [2.75, 3.05) is 6.61 Å². The van der Waals surface area contributed by atoms with E-state index in [1.807, 2.05) is 0 Å². The molecule has 70 heavy (non-hydrogen) atoms. The molecule has 0 aromatic carbocycles. The molecule has 0 aromatic rings. The number of aliphatic hydroxyl groups is 4. The van der Waals surface area contributed by atoms with Crippen LogP contribution in [0.15, 0.2) is 36.5 Å². The van der Waals surface area contributed by atoms with Gasteiger partial charge in [0.25, 0.3) is 0 Å². The summed E-state index contributed by atoms with van der Waals surface area (Å²) in [6.45, 7) is 4.08. The third kappa shape index (κ3) is 51.4. The summed E-state index contributed by atoms with van der Waals surface area (Å²) in [5.41, 5.74) is 0. The molecule has 0 rings (SSSR count). The minimum absolute atomic E-state index is 0.351. The van der Waals surface area contributed by atoms with Crippen LogP contribution in [-0.4, -0.2) is 57.3 Å². The minimum Gasteiger partial charge on any atom is -0.394 e. The molecule has 4 unspecified atom stereocenters. The minimum atomic E-state index is -1.29. The van der Waals surface area contributed by atoms with Crippen molar-refractivity contribution >= 4 is 5.91 Å². The Morgan fingerprint density at radius 3 is 0.943 bits per heavy atom. The Morgan fingerprint density at radius 2 is 0.629 bits per heavy atom. The van der Waals surface area contributed by atoms with Crippen molar-refractivity contribution in [3.63, 3.8) is 0 Å². The first-order valence-electron chi connectivity index (χ1n) is 31.4. The first-order chi connectivity index (χ1) is 34.5. The Bertz CT molecular complexity index is 1110.